The summed E-state index contributed by atoms with van der Waals surface area (Å²) in [6.07, 6.45) is -0.0842. The third-order valence-corrected chi connectivity index (χ3v) is 4.29. The minimum Gasteiger partial charge on any atom is -0.392 e. The van der Waals surface area contributed by atoms with Gasteiger partial charge in [-0.1, -0.05) is 17.7 Å². The van der Waals surface area contributed by atoms with Gasteiger partial charge in [-0.3, -0.25) is 9.59 Å². The molecule has 0 aromatic heterocycles. The van der Waals surface area contributed by atoms with Gasteiger partial charge in [-0.05, 0) is 24.6 Å². The molecule has 0 aliphatic carbocycles. The van der Waals surface area contributed by atoms with Crippen molar-refractivity contribution in [3.63, 3.8) is 0 Å². The van der Waals surface area contributed by atoms with Crippen LogP contribution in [-0.4, -0.2) is 60.1 Å². The molecule has 22 heavy (non-hydrogen) atoms. The van der Waals surface area contributed by atoms with Crippen LogP contribution in [0.2, 0.25) is 5.02 Å². The van der Waals surface area contributed by atoms with Crippen LogP contribution in [0.3, 0.4) is 0 Å². The molecule has 2 aliphatic heterocycles. The summed E-state index contributed by atoms with van der Waals surface area (Å²) in [4.78, 5) is 27.9. The summed E-state index contributed by atoms with van der Waals surface area (Å²) in [5, 5.41) is 13.1. The van der Waals surface area contributed by atoms with Crippen LogP contribution in [0.4, 0.5) is 5.69 Å². The molecule has 2 saturated heterocycles. The number of benzene rings is 1. The van der Waals surface area contributed by atoms with Gasteiger partial charge in [-0.2, -0.15) is 0 Å². The van der Waals surface area contributed by atoms with Crippen molar-refractivity contribution in [2.45, 2.75) is 18.6 Å². The Bertz CT molecular complexity index is 595. The van der Waals surface area contributed by atoms with E-state index in [0.29, 0.717) is 31.1 Å². The number of anilines is 1. The van der Waals surface area contributed by atoms with Gasteiger partial charge in [0.1, 0.15) is 6.54 Å². The molecule has 6 nitrogen and oxygen atoms in total. The normalized spacial score (nSPS) is 25.6. The molecular formula is C15H18ClN3O3. The smallest absolute Gasteiger partial charge is 0.246 e. The summed E-state index contributed by atoms with van der Waals surface area (Å²) in [6, 6.07) is 6.74. The zero-order chi connectivity index (χ0) is 15.7. The van der Waals surface area contributed by atoms with E-state index in [1.165, 1.54) is 0 Å². The highest BCUT2D eigenvalue weighted by Gasteiger charge is 2.35. The SMILES string of the molecule is O=C([C@@H]1C[C@@H](O)CN1)N1CCN(c2cccc(Cl)c2)C(=O)C1. The molecule has 0 radical (unpaired) electrons. The van der Waals surface area contributed by atoms with E-state index in [1.807, 2.05) is 6.07 Å². The second kappa shape index (κ2) is 6.24. The summed E-state index contributed by atoms with van der Waals surface area (Å²) in [7, 11) is 0. The molecule has 0 spiro atoms. The quantitative estimate of drug-likeness (QED) is 0.817. The summed E-state index contributed by atoms with van der Waals surface area (Å²) in [5.41, 5.74) is 0.749. The van der Waals surface area contributed by atoms with E-state index >= 15 is 0 Å². The fourth-order valence-corrected chi connectivity index (χ4v) is 3.09. The number of carbonyl (C=O) groups excluding carboxylic acids is 2. The third kappa shape index (κ3) is 3.09. The lowest BCUT2D eigenvalue weighted by molar-refractivity contribution is -0.138. The maximum atomic E-state index is 12.3. The van der Waals surface area contributed by atoms with Crippen molar-refractivity contribution in [2.24, 2.45) is 0 Å². The average Bonchev–Trinajstić information content (AvgIpc) is 2.93. The van der Waals surface area contributed by atoms with Gasteiger partial charge in [0, 0.05) is 30.3 Å². The maximum absolute atomic E-state index is 12.3. The standard InChI is InChI=1S/C15H18ClN3O3/c16-10-2-1-3-11(6-10)19-5-4-18(9-14(19)21)15(22)13-7-12(20)8-17-13/h1-3,6,12-13,17,20H,4-5,7-9H2/t12-,13+/m1/s1. The van der Waals surface area contributed by atoms with Gasteiger partial charge in [0.25, 0.3) is 0 Å². The van der Waals surface area contributed by atoms with E-state index in [0.717, 1.165) is 5.69 Å². The van der Waals surface area contributed by atoms with Crippen molar-refractivity contribution in [3.8, 4) is 0 Å². The number of amides is 2. The molecule has 1 aromatic carbocycles. The Morgan fingerprint density at radius 3 is 2.82 bits per heavy atom. The van der Waals surface area contributed by atoms with Gasteiger partial charge < -0.3 is 20.2 Å². The fourth-order valence-electron chi connectivity index (χ4n) is 2.90. The largest absolute Gasteiger partial charge is 0.392 e. The van der Waals surface area contributed by atoms with Crippen LogP contribution in [0.1, 0.15) is 6.42 Å². The van der Waals surface area contributed by atoms with E-state index in [2.05, 4.69) is 5.32 Å². The highest BCUT2D eigenvalue weighted by atomic mass is 35.5. The van der Waals surface area contributed by atoms with Crippen LogP contribution in [-0.2, 0) is 9.59 Å². The van der Waals surface area contributed by atoms with E-state index in [9.17, 15) is 14.7 Å². The zero-order valence-corrected chi connectivity index (χ0v) is 12.8. The van der Waals surface area contributed by atoms with Crippen LogP contribution in [0, 0.1) is 0 Å². The van der Waals surface area contributed by atoms with Gasteiger partial charge in [0.05, 0.1) is 12.1 Å². The Balaban J connectivity index is 1.65. The van der Waals surface area contributed by atoms with Crippen LogP contribution in [0.5, 0.6) is 0 Å². The van der Waals surface area contributed by atoms with Gasteiger partial charge in [-0.15, -0.1) is 0 Å². The number of β-amino-alcohol motifs (C(OH)–C–C–N with tert-alkyl or cyclic N) is 1. The summed E-state index contributed by atoms with van der Waals surface area (Å²) in [6.45, 7) is 1.40. The van der Waals surface area contributed by atoms with Crippen LogP contribution < -0.4 is 10.2 Å². The molecule has 2 N–H and O–H groups in total. The molecule has 2 amide bonds. The van der Waals surface area contributed by atoms with Crippen molar-refractivity contribution in [3.05, 3.63) is 29.3 Å². The highest BCUT2D eigenvalue weighted by molar-refractivity contribution is 6.30. The number of hydrogen-bond donors (Lipinski definition) is 2. The van der Waals surface area contributed by atoms with Gasteiger partial charge >= 0.3 is 0 Å². The first-order valence-corrected chi connectivity index (χ1v) is 7.68. The number of hydrogen-bond acceptors (Lipinski definition) is 4. The molecule has 1 aromatic rings. The Morgan fingerprint density at radius 2 is 2.18 bits per heavy atom. The minimum absolute atomic E-state index is 0.0552. The number of piperazine rings is 1. The van der Waals surface area contributed by atoms with E-state index < -0.39 is 6.10 Å². The Morgan fingerprint density at radius 1 is 1.36 bits per heavy atom. The third-order valence-electron chi connectivity index (χ3n) is 4.06. The van der Waals surface area contributed by atoms with Crippen molar-refractivity contribution in [1.29, 1.82) is 0 Å². The molecule has 0 unspecified atom stereocenters. The predicted molar refractivity (Wildman–Crippen MR) is 82.8 cm³/mol. The molecule has 0 saturated carbocycles. The first-order valence-electron chi connectivity index (χ1n) is 7.31. The fraction of sp³-hybridized carbons (Fsp3) is 0.467. The Kier molecular flexibility index (Phi) is 4.33. The first kappa shape index (κ1) is 15.3. The molecule has 7 heteroatoms. The zero-order valence-electron chi connectivity index (χ0n) is 12.0. The lowest BCUT2D eigenvalue weighted by Crippen LogP contribution is -2.55. The number of aliphatic hydroxyl groups excluding tert-OH is 1. The van der Waals surface area contributed by atoms with Crippen LogP contribution in [0.25, 0.3) is 0 Å². The summed E-state index contributed by atoms with van der Waals surface area (Å²) >= 11 is 5.96. The van der Waals surface area contributed by atoms with E-state index in [1.54, 1.807) is 28.0 Å². The van der Waals surface area contributed by atoms with E-state index in [-0.39, 0.29) is 24.4 Å². The number of nitrogens with zero attached hydrogens (tertiary/aromatic N) is 2. The number of aliphatic hydroxyl groups is 1. The number of halogens is 1. The van der Waals surface area contributed by atoms with Crippen molar-refractivity contribution in [1.82, 2.24) is 10.2 Å². The number of rotatable bonds is 2. The van der Waals surface area contributed by atoms with Crippen LogP contribution >= 0.6 is 11.6 Å². The topological polar surface area (TPSA) is 72.9 Å². The Hall–Kier alpha value is -1.63. The maximum Gasteiger partial charge on any atom is 0.246 e. The van der Waals surface area contributed by atoms with Crippen molar-refractivity contribution in [2.75, 3.05) is 31.1 Å². The van der Waals surface area contributed by atoms with Crippen molar-refractivity contribution >= 4 is 29.1 Å². The average molecular weight is 324 g/mol. The number of nitrogens with one attached hydrogen (secondary N) is 1. The lowest BCUT2D eigenvalue weighted by atomic mass is 10.1. The summed E-state index contributed by atoms with van der Waals surface area (Å²) < 4.78 is 0. The Labute approximate surface area is 133 Å². The molecular weight excluding hydrogens is 306 g/mol. The second-order valence-corrected chi connectivity index (χ2v) is 6.07. The molecule has 2 fully saturated rings. The molecule has 2 heterocycles. The minimum atomic E-state index is -0.489. The highest BCUT2D eigenvalue weighted by Crippen LogP contribution is 2.22. The van der Waals surface area contributed by atoms with Gasteiger partial charge in [-0.25, -0.2) is 0 Å². The van der Waals surface area contributed by atoms with E-state index in [4.69, 9.17) is 11.6 Å². The monoisotopic (exact) mass is 323 g/mol. The molecule has 0 bridgehead atoms. The number of carbonyl (C=O) groups is 2. The second-order valence-electron chi connectivity index (χ2n) is 5.64. The van der Waals surface area contributed by atoms with Gasteiger partial charge in [0.15, 0.2) is 0 Å². The molecule has 2 atom stereocenters. The molecule has 2 aliphatic rings. The van der Waals surface area contributed by atoms with Crippen LogP contribution in [0.15, 0.2) is 24.3 Å². The summed E-state index contributed by atoms with van der Waals surface area (Å²) in [5.74, 6) is -0.240. The molecule has 3 rings (SSSR count). The lowest BCUT2D eigenvalue weighted by Gasteiger charge is -2.35. The molecule has 118 valence electrons. The van der Waals surface area contributed by atoms with Gasteiger partial charge in [0.2, 0.25) is 11.8 Å². The first-order chi connectivity index (χ1) is 10.5. The predicted octanol–water partition coefficient (Wildman–Crippen LogP) is 0.238. The van der Waals surface area contributed by atoms with Crippen molar-refractivity contribution < 1.29 is 14.7 Å².